The molecule has 2 aliphatic heterocycles. The van der Waals surface area contributed by atoms with Gasteiger partial charge in [-0.3, -0.25) is 14.8 Å². The van der Waals surface area contributed by atoms with Crippen LogP contribution in [0.5, 0.6) is 0 Å². The second kappa shape index (κ2) is 6.85. The van der Waals surface area contributed by atoms with Gasteiger partial charge in [0.1, 0.15) is 5.82 Å². The molecular formula is C21H23N5O. The lowest BCUT2D eigenvalue weighted by molar-refractivity contribution is -0.120. The zero-order valence-corrected chi connectivity index (χ0v) is 15.3. The standard InChI is InChI=1S/C21H23N5O/c27-20(17-4-3-6-22-17)10-16-8-14-9-18(24-12-15(14)11-23-16)19-13-25-21-5-1-2-7-26(19)21/h8-9,11-13,17,22H,1-7,10H2/t17-/m1/s1. The molecule has 0 unspecified atom stereocenters. The van der Waals surface area contributed by atoms with Crippen LogP contribution in [0, 0.1) is 0 Å². The third-order valence-corrected chi connectivity index (χ3v) is 5.70. The highest BCUT2D eigenvalue weighted by Crippen LogP contribution is 2.26. The van der Waals surface area contributed by atoms with Gasteiger partial charge in [0.25, 0.3) is 0 Å². The fourth-order valence-corrected chi connectivity index (χ4v) is 4.20. The number of rotatable bonds is 4. The Labute approximate surface area is 158 Å². The Hall–Kier alpha value is -2.60. The topological polar surface area (TPSA) is 72.7 Å². The molecule has 2 aliphatic rings. The van der Waals surface area contributed by atoms with Crippen LogP contribution in [-0.2, 0) is 24.2 Å². The number of carbonyl (C=O) groups is 1. The molecule has 3 aromatic heterocycles. The number of aromatic nitrogens is 4. The Balaban J connectivity index is 1.46. The molecule has 138 valence electrons. The lowest BCUT2D eigenvalue weighted by atomic mass is 10.0. The number of hydrogen-bond donors (Lipinski definition) is 1. The van der Waals surface area contributed by atoms with Crippen molar-refractivity contribution in [3.05, 3.63) is 42.2 Å². The molecule has 0 saturated carbocycles. The normalized spacial score (nSPS) is 19.3. The summed E-state index contributed by atoms with van der Waals surface area (Å²) >= 11 is 0. The molecule has 0 radical (unpaired) electrons. The highest BCUT2D eigenvalue weighted by molar-refractivity contribution is 5.88. The van der Waals surface area contributed by atoms with Crippen LogP contribution in [0.25, 0.3) is 22.2 Å². The van der Waals surface area contributed by atoms with Gasteiger partial charge in [-0.15, -0.1) is 0 Å². The molecule has 27 heavy (non-hydrogen) atoms. The molecule has 5 rings (SSSR count). The number of fused-ring (bicyclic) bond motifs is 2. The maximum Gasteiger partial charge on any atom is 0.155 e. The van der Waals surface area contributed by atoms with Crippen LogP contribution in [0.3, 0.4) is 0 Å². The van der Waals surface area contributed by atoms with E-state index >= 15 is 0 Å². The lowest BCUT2D eigenvalue weighted by Gasteiger charge is -2.16. The summed E-state index contributed by atoms with van der Waals surface area (Å²) in [5.41, 5.74) is 2.84. The molecule has 0 aromatic carbocycles. The van der Waals surface area contributed by atoms with Gasteiger partial charge in [0.15, 0.2) is 5.78 Å². The van der Waals surface area contributed by atoms with Gasteiger partial charge in [-0.25, -0.2) is 4.98 Å². The van der Waals surface area contributed by atoms with Gasteiger partial charge in [0, 0.05) is 36.4 Å². The molecule has 1 saturated heterocycles. The highest BCUT2D eigenvalue weighted by atomic mass is 16.1. The molecular weight excluding hydrogens is 338 g/mol. The zero-order chi connectivity index (χ0) is 18.2. The number of imidazole rings is 1. The van der Waals surface area contributed by atoms with Crippen LogP contribution in [0.4, 0.5) is 0 Å². The van der Waals surface area contributed by atoms with Crippen molar-refractivity contribution in [1.82, 2.24) is 24.8 Å². The summed E-state index contributed by atoms with van der Waals surface area (Å²) in [6, 6.07) is 4.12. The molecule has 3 aromatic rings. The Morgan fingerprint density at radius 1 is 1.07 bits per heavy atom. The van der Waals surface area contributed by atoms with Crippen molar-refractivity contribution in [2.24, 2.45) is 0 Å². The van der Waals surface area contributed by atoms with E-state index < -0.39 is 0 Å². The Morgan fingerprint density at radius 2 is 2.00 bits per heavy atom. The van der Waals surface area contributed by atoms with Crippen LogP contribution >= 0.6 is 0 Å². The first-order valence-corrected chi connectivity index (χ1v) is 9.83. The van der Waals surface area contributed by atoms with Crippen LogP contribution in [-0.4, -0.2) is 37.9 Å². The van der Waals surface area contributed by atoms with E-state index in [4.69, 9.17) is 0 Å². The summed E-state index contributed by atoms with van der Waals surface area (Å²) in [7, 11) is 0. The number of ketones is 1. The predicted molar refractivity (Wildman–Crippen MR) is 103 cm³/mol. The number of aryl methyl sites for hydroxylation is 1. The fourth-order valence-electron chi connectivity index (χ4n) is 4.20. The summed E-state index contributed by atoms with van der Waals surface area (Å²) < 4.78 is 2.29. The van der Waals surface area contributed by atoms with Crippen molar-refractivity contribution in [2.45, 2.75) is 51.1 Å². The first-order valence-electron chi connectivity index (χ1n) is 9.83. The molecule has 1 atom stereocenters. The highest BCUT2D eigenvalue weighted by Gasteiger charge is 2.22. The molecule has 0 aliphatic carbocycles. The van der Waals surface area contributed by atoms with E-state index in [9.17, 15) is 4.79 Å². The van der Waals surface area contributed by atoms with Crippen molar-refractivity contribution in [3.63, 3.8) is 0 Å². The number of carbonyl (C=O) groups excluding carboxylic acids is 1. The van der Waals surface area contributed by atoms with Crippen LogP contribution in [0.15, 0.2) is 30.7 Å². The zero-order valence-electron chi connectivity index (χ0n) is 15.3. The third kappa shape index (κ3) is 3.14. The molecule has 0 spiro atoms. The van der Waals surface area contributed by atoms with E-state index in [2.05, 4.69) is 30.9 Å². The largest absolute Gasteiger partial charge is 0.327 e. The third-order valence-electron chi connectivity index (χ3n) is 5.70. The summed E-state index contributed by atoms with van der Waals surface area (Å²) in [5, 5.41) is 5.34. The van der Waals surface area contributed by atoms with Gasteiger partial charge in [0.2, 0.25) is 0 Å². The average molecular weight is 361 g/mol. The van der Waals surface area contributed by atoms with E-state index in [0.717, 1.165) is 66.0 Å². The van der Waals surface area contributed by atoms with E-state index in [1.807, 2.05) is 24.7 Å². The predicted octanol–water partition coefficient (Wildman–Crippen LogP) is 2.69. The van der Waals surface area contributed by atoms with E-state index in [-0.39, 0.29) is 11.8 Å². The maximum absolute atomic E-state index is 12.4. The van der Waals surface area contributed by atoms with Gasteiger partial charge in [0.05, 0.1) is 30.0 Å². The molecule has 0 amide bonds. The van der Waals surface area contributed by atoms with Crippen molar-refractivity contribution in [2.75, 3.05) is 6.54 Å². The Kier molecular flexibility index (Phi) is 4.20. The molecule has 1 N–H and O–H groups in total. The van der Waals surface area contributed by atoms with Gasteiger partial charge >= 0.3 is 0 Å². The molecule has 6 heteroatoms. The van der Waals surface area contributed by atoms with Crippen molar-refractivity contribution < 1.29 is 4.79 Å². The van der Waals surface area contributed by atoms with E-state index in [1.165, 1.54) is 12.8 Å². The number of hydrogen-bond acceptors (Lipinski definition) is 5. The summed E-state index contributed by atoms with van der Waals surface area (Å²) in [6.07, 6.45) is 11.5. The lowest BCUT2D eigenvalue weighted by Crippen LogP contribution is -2.32. The number of nitrogens with one attached hydrogen (secondary N) is 1. The quantitative estimate of drug-likeness (QED) is 0.773. The summed E-state index contributed by atoms with van der Waals surface area (Å²) in [4.78, 5) is 26.1. The minimum Gasteiger partial charge on any atom is -0.327 e. The SMILES string of the molecule is O=C(Cc1cc2cc(-c3cnc4n3CCCC4)ncc2cn1)[C@H]1CCCN1. The smallest absolute Gasteiger partial charge is 0.155 e. The van der Waals surface area contributed by atoms with Crippen LogP contribution < -0.4 is 5.32 Å². The van der Waals surface area contributed by atoms with Gasteiger partial charge in [-0.1, -0.05) is 0 Å². The van der Waals surface area contributed by atoms with Crippen molar-refractivity contribution in [3.8, 4) is 11.4 Å². The van der Waals surface area contributed by atoms with E-state index in [1.54, 1.807) is 0 Å². The second-order valence-electron chi connectivity index (χ2n) is 7.55. The average Bonchev–Trinajstić information content (AvgIpc) is 3.37. The number of pyridine rings is 2. The van der Waals surface area contributed by atoms with Gasteiger partial charge in [-0.05, 0) is 49.7 Å². The van der Waals surface area contributed by atoms with E-state index in [0.29, 0.717) is 6.42 Å². The monoisotopic (exact) mass is 361 g/mol. The molecule has 0 bridgehead atoms. The summed E-state index contributed by atoms with van der Waals surface area (Å²) in [6.45, 7) is 1.95. The number of Topliss-reactive ketones (excluding diaryl/α,β-unsaturated/α-hetero) is 1. The Bertz CT molecular complexity index is 1000. The number of nitrogens with zero attached hydrogens (tertiary/aromatic N) is 4. The van der Waals surface area contributed by atoms with Crippen molar-refractivity contribution >= 4 is 16.6 Å². The fraction of sp³-hybridized carbons (Fsp3) is 0.429. The first-order chi connectivity index (χ1) is 13.3. The minimum absolute atomic E-state index is 0.00573. The van der Waals surface area contributed by atoms with Crippen LogP contribution in [0.1, 0.15) is 37.2 Å². The maximum atomic E-state index is 12.4. The molecule has 1 fully saturated rings. The molecule has 6 nitrogen and oxygen atoms in total. The summed E-state index contributed by atoms with van der Waals surface area (Å²) in [5.74, 6) is 1.39. The molecule has 5 heterocycles. The van der Waals surface area contributed by atoms with Gasteiger partial charge < -0.3 is 9.88 Å². The second-order valence-corrected chi connectivity index (χ2v) is 7.55. The van der Waals surface area contributed by atoms with Crippen LogP contribution in [0.2, 0.25) is 0 Å². The Morgan fingerprint density at radius 3 is 2.89 bits per heavy atom. The minimum atomic E-state index is -0.00573. The van der Waals surface area contributed by atoms with Crippen molar-refractivity contribution in [1.29, 1.82) is 0 Å². The van der Waals surface area contributed by atoms with Gasteiger partial charge in [-0.2, -0.15) is 0 Å². The first kappa shape index (κ1) is 16.6.